The largest absolute Gasteiger partial charge is 0.480 e. The molecule has 0 amide bonds. The van der Waals surface area contributed by atoms with Gasteiger partial charge in [0.15, 0.2) is 0 Å². The smallest absolute Gasteiger partial charge is 0.323 e. The first-order chi connectivity index (χ1) is 9.09. The Hall–Kier alpha value is -2.70. The highest BCUT2D eigenvalue weighted by molar-refractivity contribution is 6.11. The van der Waals surface area contributed by atoms with E-state index < -0.39 is 18.3 Å². The van der Waals surface area contributed by atoms with E-state index in [-0.39, 0.29) is 11.3 Å². The van der Waals surface area contributed by atoms with Crippen LogP contribution < -0.4 is 5.73 Å². The van der Waals surface area contributed by atoms with Crippen molar-refractivity contribution in [1.82, 2.24) is 14.5 Å². The number of para-hydroxylation sites is 1. The maximum absolute atomic E-state index is 14.0. The van der Waals surface area contributed by atoms with Crippen LogP contribution in [0.25, 0.3) is 21.9 Å². The highest BCUT2D eigenvalue weighted by Crippen LogP contribution is 2.31. The highest BCUT2D eigenvalue weighted by atomic mass is 19.1. The minimum absolute atomic E-state index is 0.173. The Balaban J connectivity index is 2.55. The molecule has 0 saturated heterocycles. The number of carboxylic acids is 1. The van der Waals surface area contributed by atoms with Gasteiger partial charge in [-0.15, -0.1) is 0 Å². The van der Waals surface area contributed by atoms with Crippen LogP contribution in [0, 0.1) is 5.82 Å². The van der Waals surface area contributed by atoms with Gasteiger partial charge in [-0.25, -0.2) is 14.4 Å². The van der Waals surface area contributed by atoms with Crippen molar-refractivity contribution < 1.29 is 14.3 Å². The number of carbonyl (C=O) groups is 1. The lowest BCUT2D eigenvalue weighted by Crippen LogP contribution is -2.09. The standard InChI is InChI=1S/C12H9FN4O2/c13-7-3-1-2-6-9-11(14)15-5-16-12(9)17(10(6)7)4-8(18)19/h1-3,5H,4H2,(H,18,19)(H2,14,15,16). The molecule has 0 aliphatic rings. The molecule has 0 fully saturated rings. The zero-order valence-electron chi connectivity index (χ0n) is 9.67. The molecule has 0 unspecified atom stereocenters. The number of aromatic nitrogens is 3. The predicted molar refractivity (Wildman–Crippen MR) is 67.0 cm³/mol. The summed E-state index contributed by atoms with van der Waals surface area (Å²) in [6.45, 7) is -0.391. The zero-order valence-corrected chi connectivity index (χ0v) is 9.67. The van der Waals surface area contributed by atoms with Gasteiger partial charge in [0, 0.05) is 5.39 Å². The summed E-state index contributed by atoms with van der Waals surface area (Å²) in [5, 5.41) is 9.93. The minimum Gasteiger partial charge on any atom is -0.480 e. The number of benzene rings is 1. The van der Waals surface area contributed by atoms with E-state index >= 15 is 0 Å². The second-order valence-corrected chi connectivity index (χ2v) is 4.07. The number of halogens is 1. The SMILES string of the molecule is Nc1ncnc2c1c1cccc(F)c1n2CC(=O)O. The maximum atomic E-state index is 14.0. The van der Waals surface area contributed by atoms with E-state index in [1.165, 1.54) is 23.0 Å². The number of nitrogens with zero attached hydrogens (tertiary/aromatic N) is 3. The fourth-order valence-electron chi connectivity index (χ4n) is 2.24. The van der Waals surface area contributed by atoms with Crippen LogP contribution in [0.3, 0.4) is 0 Å². The van der Waals surface area contributed by atoms with Crippen LogP contribution in [-0.4, -0.2) is 25.6 Å². The molecule has 96 valence electrons. The number of aliphatic carboxylic acids is 1. The van der Waals surface area contributed by atoms with Gasteiger partial charge in [0.05, 0.1) is 10.9 Å². The quantitative estimate of drug-likeness (QED) is 0.726. The molecule has 0 bridgehead atoms. The van der Waals surface area contributed by atoms with Gasteiger partial charge in [-0.05, 0) is 6.07 Å². The lowest BCUT2D eigenvalue weighted by Gasteiger charge is -2.03. The van der Waals surface area contributed by atoms with Crippen molar-refractivity contribution in [2.75, 3.05) is 5.73 Å². The first-order valence-electron chi connectivity index (χ1n) is 5.48. The normalized spacial score (nSPS) is 11.2. The lowest BCUT2D eigenvalue weighted by atomic mass is 10.2. The van der Waals surface area contributed by atoms with Crippen LogP contribution in [0.1, 0.15) is 0 Å². The second kappa shape index (κ2) is 3.91. The average Bonchev–Trinajstić information content (AvgIpc) is 2.66. The molecule has 19 heavy (non-hydrogen) atoms. The van der Waals surface area contributed by atoms with Crippen LogP contribution in [0.2, 0.25) is 0 Å². The van der Waals surface area contributed by atoms with Gasteiger partial charge in [-0.2, -0.15) is 0 Å². The van der Waals surface area contributed by atoms with Crippen LogP contribution >= 0.6 is 0 Å². The van der Waals surface area contributed by atoms with Gasteiger partial charge < -0.3 is 15.4 Å². The third kappa shape index (κ3) is 1.59. The van der Waals surface area contributed by atoms with Gasteiger partial charge in [0.2, 0.25) is 0 Å². The number of rotatable bonds is 2. The molecule has 2 aromatic heterocycles. The fourth-order valence-corrected chi connectivity index (χ4v) is 2.24. The number of hydrogen-bond donors (Lipinski definition) is 2. The molecule has 3 aromatic rings. The summed E-state index contributed by atoms with van der Waals surface area (Å²) in [7, 11) is 0. The Morgan fingerprint density at radius 2 is 2.21 bits per heavy atom. The first-order valence-corrected chi connectivity index (χ1v) is 5.48. The van der Waals surface area contributed by atoms with E-state index in [0.717, 1.165) is 0 Å². The fraction of sp³-hybridized carbons (Fsp3) is 0.0833. The maximum Gasteiger partial charge on any atom is 0.323 e. The number of anilines is 1. The molecule has 3 rings (SSSR count). The lowest BCUT2D eigenvalue weighted by molar-refractivity contribution is -0.137. The second-order valence-electron chi connectivity index (χ2n) is 4.07. The van der Waals surface area contributed by atoms with E-state index in [9.17, 15) is 9.18 Å². The summed E-state index contributed by atoms with van der Waals surface area (Å²) in [6.07, 6.45) is 1.23. The van der Waals surface area contributed by atoms with Gasteiger partial charge in [-0.3, -0.25) is 4.79 Å². The van der Waals surface area contributed by atoms with Gasteiger partial charge in [0.25, 0.3) is 0 Å². The molecule has 0 radical (unpaired) electrons. The molecule has 0 atom stereocenters. The van der Waals surface area contributed by atoms with Crippen molar-refractivity contribution in [2.45, 2.75) is 6.54 Å². The molecule has 3 N–H and O–H groups in total. The Bertz CT molecular complexity index is 812. The summed E-state index contributed by atoms with van der Waals surface area (Å²) in [5.41, 5.74) is 6.27. The highest BCUT2D eigenvalue weighted by Gasteiger charge is 2.18. The zero-order chi connectivity index (χ0) is 13.6. The first kappa shape index (κ1) is 11.4. The Morgan fingerprint density at radius 1 is 1.42 bits per heavy atom. The van der Waals surface area contributed by atoms with Crippen molar-refractivity contribution >= 4 is 33.7 Å². The molecule has 1 aromatic carbocycles. The number of nitrogen functional groups attached to an aromatic ring is 1. The van der Waals surface area contributed by atoms with Crippen LogP contribution in [0.15, 0.2) is 24.5 Å². The van der Waals surface area contributed by atoms with Crippen molar-refractivity contribution in [3.05, 3.63) is 30.3 Å². The number of fused-ring (bicyclic) bond motifs is 3. The summed E-state index contributed by atoms with van der Waals surface area (Å²) >= 11 is 0. The van der Waals surface area contributed by atoms with Crippen molar-refractivity contribution in [1.29, 1.82) is 0 Å². The molecule has 0 aliphatic carbocycles. The van der Waals surface area contributed by atoms with Crippen LogP contribution in [0.4, 0.5) is 10.2 Å². The minimum atomic E-state index is -1.08. The van der Waals surface area contributed by atoms with E-state index in [0.29, 0.717) is 16.4 Å². The summed E-state index contributed by atoms with van der Waals surface area (Å²) in [5.74, 6) is -1.40. The summed E-state index contributed by atoms with van der Waals surface area (Å²) in [4.78, 5) is 18.8. The predicted octanol–water partition coefficient (Wildman–Crippen LogP) is 1.39. The van der Waals surface area contributed by atoms with E-state index in [1.807, 2.05) is 0 Å². The molecule has 6 nitrogen and oxygen atoms in total. The Labute approximate surface area is 106 Å². The van der Waals surface area contributed by atoms with Gasteiger partial charge in [-0.1, -0.05) is 12.1 Å². The molecule has 0 saturated carbocycles. The molecular weight excluding hydrogens is 251 g/mol. The van der Waals surface area contributed by atoms with E-state index in [2.05, 4.69) is 9.97 Å². The number of carboxylic acid groups (broad SMARTS) is 1. The Morgan fingerprint density at radius 3 is 2.95 bits per heavy atom. The van der Waals surface area contributed by atoms with Gasteiger partial charge >= 0.3 is 5.97 Å². The third-order valence-corrected chi connectivity index (χ3v) is 2.93. The molecule has 2 heterocycles. The van der Waals surface area contributed by atoms with Crippen molar-refractivity contribution in [3.8, 4) is 0 Å². The molecule has 0 aliphatic heterocycles. The average molecular weight is 260 g/mol. The monoisotopic (exact) mass is 260 g/mol. The van der Waals surface area contributed by atoms with Crippen molar-refractivity contribution in [2.24, 2.45) is 0 Å². The molecule has 7 heteroatoms. The van der Waals surface area contributed by atoms with Crippen LogP contribution in [0.5, 0.6) is 0 Å². The van der Waals surface area contributed by atoms with Gasteiger partial charge in [0.1, 0.15) is 30.2 Å². The topological polar surface area (TPSA) is 94.0 Å². The molecule has 0 spiro atoms. The van der Waals surface area contributed by atoms with E-state index in [1.54, 1.807) is 6.07 Å². The number of hydrogen-bond acceptors (Lipinski definition) is 4. The number of nitrogens with two attached hydrogens (primary N) is 1. The Kier molecular flexibility index (Phi) is 2.34. The van der Waals surface area contributed by atoms with Crippen molar-refractivity contribution in [3.63, 3.8) is 0 Å². The third-order valence-electron chi connectivity index (χ3n) is 2.93. The van der Waals surface area contributed by atoms with E-state index in [4.69, 9.17) is 10.8 Å². The molecular formula is C12H9FN4O2. The summed E-state index contributed by atoms with van der Waals surface area (Å²) < 4.78 is 15.3. The summed E-state index contributed by atoms with van der Waals surface area (Å²) in [6, 6.07) is 4.47. The van der Waals surface area contributed by atoms with Crippen LogP contribution in [-0.2, 0) is 11.3 Å².